The van der Waals surface area contributed by atoms with E-state index in [1.165, 1.54) is 0 Å². The van der Waals surface area contributed by atoms with E-state index in [1.807, 2.05) is 0 Å². The quantitative estimate of drug-likeness (QED) is 0.514. The maximum absolute atomic E-state index is 11.3. The first-order valence-electron chi connectivity index (χ1n) is 3.87. The third-order valence-corrected chi connectivity index (χ3v) is 2.68. The minimum absolute atomic E-state index is 0.0694. The number of hydrogen-bond donors (Lipinski definition) is 2. The summed E-state index contributed by atoms with van der Waals surface area (Å²) in [7, 11) is 0. The highest BCUT2D eigenvalue weighted by Crippen LogP contribution is 2.31. The SMILES string of the molecule is O=C1NC(=S)NC12CCCC2. The van der Waals surface area contributed by atoms with Gasteiger partial charge in [0.05, 0.1) is 0 Å². The average Bonchev–Trinajstić information content (AvgIpc) is 2.45. The largest absolute Gasteiger partial charge is 0.348 e. The van der Waals surface area contributed by atoms with Crippen LogP contribution in [0.2, 0.25) is 0 Å². The molecule has 0 aromatic carbocycles. The standard InChI is InChI=1S/C7H10N2OS/c10-5-7(3-1-2-4-7)9-6(11)8-5/h1-4H2,(H2,8,9,10,11). The fourth-order valence-corrected chi connectivity index (χ4v) is 2.15. The van der Waals surface area contributed by atoms with Crippen LogP contribution in [0, 0.1) is 0 Å². The van der Waals surface area contributed by atoms with Crippen LogP contribution < -0.4 is 10.6 Å². The fraction of sp³-hybridized carbons (Fsp3) is 0.714. The van der Waals surface area contributed by atoms with Gasteiger partial charge >= 0.3 is 0 Å². The molecular formula is C7H10N2OS. The zero-order chi connectivity index (χ0) is 7.90. The molecule has 0 bridgehead atoms. The smallest absolute Gasteiger partial charge is 0.251 e. The van der Waals surface area contributed by atoms with E-state index in [1.54, 1.807) is 0 Å². The molecule has 3 nitrogen and oxygen atoms in total. The Bertz CT molecular complexity index is 220. The van der Waals surface area contributed by atoms with Gasteiger partial charge in [0, 0.05) is 0 Å². The van der Waals surface area contributed by atoms with Crippen LogP contribution in [0.1, 0.15) is 25.7 Å². The van der Waals surface area contributed by atoms with E-state index in [0.717, 1.165) is 25.7 Å². The number of rotatable bonds is 0. The Morgan fingerprint density at radius 3 is 2.45 bits per heavy atom. The molecular weight excluding hydrogens is 160 g/mol. The number of thiocarbonyl (C=S) groups is 1. The molecule has 4 heteroatoms. The van der Waals surface area contributed by atoms with Crippen molar-refractivity contribution in [3.8, 4) is 0 Å². The summed E-state index contributed by atoms with van der Waals surface area (Å²) < 4.78 is 0. The molecule has 2 N–H and O–H groups in total. The third-order valence-electron chi connectivity index (χ3n) is 2.47. The predicted molar refractivity (Wildman–Crippen MR) is 45.1 cm³/mol. The molecule has 11 heavy (non-hydrogen) atoms. The molecule has 1 amide bonds. The molecule has 60 valence electrons. The lowest BCUT2D eigenvalue weighted by atomic mass is 9.99. The highest BCUT2D eigenvalue weighted by molar-refractivity contribution is 7.80. The Balaban J connectivity index is 2.24. The maximum atomic E-state index is 11.3. The molecule has 0 radical (unpaired) electrons. The van der Waals surface area contributed by atoms with Gasteiger partial charge in [0.15, 0.2) is 5.11 Å². The van der Waals surface area contributed by atoms with Gasteiger partial charge in [0.1, 0.15) is 5.54 Å². The van der Waals surface area contributed by atoms with Gasteiger partial charge in [-0.25, -0.2) is 0 Å². The van der Waals surface area contributed by atoms with Gasteiger partial charge in [0.2, 0.25) is 0 Å². The number of amides is 1. The van der Waals surface area contributed by atoms with Crippen molar-refractivity contribution >= 4 is 23.2 Å². The number of carbonyl (C=O) groups excluding carboxylic acids is 1. The van der Waals surface area contributed by atoms with Crippen molar-refractivity contribution in [2.75, 3.05) is 0 Å². The molecule has 0 atom stereocenters. The van der Waals surface area contributed by atoms with Gasteiger partial charge in [-0.3, -0.25) is 4.79 Å². The number of hydrogen-bond acceptors (Lipinski definition) is 2. The Labute approximate surface area is 70.5 Å². The Morgan fingerprint density at radius 1 is 1.36 bits per heavy atom. The minimum Gasteiger partial charge on any atom is -0.348 e. The van der Waals surface area contributed by atoms with Crippen molar-refractivity contribution in [2.45, 2.75) is 31.2 Å². The van der Waals surface area contributed by atoms with Crippen molar-refractivity contribution in [2.24, 2.45) is 0 Å². The molecule has 2 aliphatic rings. The summed E-state index contributed by atoms with van der Waals surface area (Å²) in [5, 5.41) is 6.18. The normalized spacial score (nSPS) is 27.3. The lowest BCUT2D eigenvalue weighted by molar-refractivity contribution is -0.123. The molecule has 1 spiro atoms. The van der Waals surface area contributed by atoms with Crippen LogP contribution in [0.15, 0.2) is 0 Å². The summed E-state index contributed by atoms with van der Waals surface area (Å²) in [6, 6.07) is 0. The second-order valence-electron chi connectivity index (χ2n) is 3.20. The molecule has 0 unspecified atom stereocenters. The van der Waals surface area contributed by atoms with Gasteiger partial charge in [-0.05, 0) is 25.1 Å². The first kappa shape index (κ1) is 7.03. The summed E-state index contributed by atoms with van der Waals surface area (Å²) in [5.41, 5.74) is -0.322. The van der Waals surface area contributed by atoms with Crippen molar-refractivity contribution < 1.29 is 4.79 Å². The van der Waals surface area contributed by atoms with E-state index < -0.39 is 0 Å². The van der Waals surface area contributed by atoms with Gasteiger partial charge in [-0.15, -0.1) is 0 Å². The van der Waals surface area contributed by atoms with Crippen LogP contribution in [-0.2, 0) is 4.79 Å². The number of carbonyl (C=O) groups is 1. The number of nitrogens with one attached hydrogen (secondary N) is 2. The summed E-state index contributed by atoms with van der Waals surface area (Å²) in [4.78, 5) is 11.3. The highest BCUT2D eigenvalue weighted by atomic mass is 32.1. The Kier molecular flexibility index (Phi) is 1.39. The predicted octanol–water partition coefficient (Wildman–Crippen LogP) is 0.303. The van der Waals surface area contributed by atoms with Crippen molar-refractivity contribution in [3.63, 3.8) is 0 Å². The molecule has 1 aliphatic carbocycles. The summed E-state index contributed by atoms with van der Waals surface area (Å²) in [6.07, 6.45) is 4.12. The monoisotopic (exact) mass is 170 g/mol. The molecule has 2 fully saturated rings. The van der Waals surface area contributed by atoms with E-state index in [0.29, 0.717) is 5.11 Å². The first-order valence-corrected chi connectivity index (χ1v) is 4.27. The highest BCUT2D eigenvalue weighted by Gasteiger charge is 2.46. The third kappa shape index (κ3) is 0.929. The van der Waals surface area contributed by atoms with Gasteiger partial charge in [0.25, 0.3) is 5.91 Å². The summed E-state index contributed by atoms with van der Waals surface area (Å²) in [5.74, 6) is 0.0694. The van der Waals surface area contributed by atoms with Crippen molar-refractivity contribution in [1.82, 2.24) is 10.6 Å². The van der Waals surface area contributed by atoms with Crippen LogP contribution in [0.25, 0.3) is 0 Å². The van der Waals surface area contributed by atoms with Gasteiger partial charge in [-0.2, -0.15) is 0 Å². The zero-order valence-corrected chi connectivity index (χ0v) is 6.96. The Morgan fingerprint density at radius 2 is 2.00 bits per heavy atom. The van der Waals surface area contributed by atoms with Gasteiger partial charge < -0.3 is 10.6 Å². The second-order valence-corrected chi connectivity index (χ2v) is 3.61. The molecule has 1 saturated heterocycles. The Hall–Kier alpha value is -0.640. The van der Waals surface area contributed by atoms with Crippen molar-refractivity contribution in [1.29, 1.82) is 0 Å². The van der Waals surface area contributed by atoms with E-state index in [9.17, 15) is 4.79 Å². The van der Waals surface area contributed by atoms with Crippen LogP contribution in [0.3, 0.4) is 0 Å². The average molecular weight is 170 g/mol. The minimum atomic E-state index is -0.322. The molecule has 1 saturated carbocycles. The molecule has 1 heterocycles. The lowest BCUT2D eigenvalue weighted by Gasteiger charge is -2.18. The molecule has 0 aromatic heterocycles. The van der Waals surface area contributed by atoms with Crippen molar-refractivity contribution in [3.05, 3.63) is 0 Å². The van der Waals surface area contributed by atoms with Gasteiger partial charge in [-0.1, -0.05) is 12.8 Å². The van der Waals surface area contributed by atoms with E-state index in [4.69, 9.17) is 12.2 Å². The van der Waals surface area contributed by atoms with Crippen LogP contribution in [0.5, 0.6) is 0 Å². The molecule has 2 rings (SSSR count). The first-order chi connectivity index (χ1) is 5.23. The fourth-order valence-electron chi connectivity index (χ4n) is 1.86. The molecule has 0 aromatic rings. The van der Waals surface area contributed by atoms with Crippen LogP contribution >= 0.6 is 12.2 Å². The van der Waals surface area contributed by atoms with E-state index in [2.05, 4.69) is 10.6 Å². The maximum Gasteiger partial charge on any atom is 0.251 e. The van der Waals surface area contributed by atoms with Crippen LogP contribution in [-0.4, -0.2) is 16.6 Å². The summed E-state index contributed by atoms with van der Waals surface area (Å²) >= 11 is 4.86. The van der Waals surface area contributed by atoms with Crippen LogP contribution in [0.4, 0.5) is 0 Å². The lowest BCUT2D eigenvalue weighted by Crippen LogP contribution is -2.43. The van der Waals surface area contributed by atoms with E-state index in [-0.39, 0.29) is 11.4 Å². The van der Waals surface area contributed by atoms with E-state index >= 15 is 0 Å². The topological polar surface area (TPSA) is 41.1 Å². The second kappa shape index (κ2) is 2.17. The summed E-state index contributed by atoms with van der Waals surface area (Å²) in [6.45, 7) is 0. The zero-order valence-electron chi connectivity index (χ0n) is 6.14. The molecule has 1 aliphatic heterocycles.